The van der Waals surface area contributed by atoms with E-state index in [1.54, 1.807) is 30.9 Å². The highest BCUT2D eigenvalue weighted by Gasteiger charge is 2.35. The summed E-state index contributed by atoms with van der Waals surface area (Å²) in [7, 11) is 0. The van der Waals surface area contributed by atoms with Gasteiger partial charge >= 0.3 is 0 Å². The van der Waals surface area contributed by atoms with Crippen LogP contribution in [-0.2, 0) is 0 Å². The van der Waals surface area contributed by atoms with E-state index in [1.165, 1.54) is 6.07 Å². The fraction of sp³-hybridized carbons (Fsp3) is 0.364. The molecule has 170 valence electrons. The number of rotatable bonds is 4. The van der Waals surface area contributed by atoms with Gasteiger partial charge in [0.2, 0.25) is 5.88 Å². The molecule has 0 spiro atoms. The number of hydrogen-bond acceptors (Lipinski definition) is 5. The van der Waals surface area contributed by atoms with Gasteiger partial charge in [0, 0.05) is 31.5 Å². The number of pyridine rings is 1. The van der Waals surface area contributed by atoms with Gasteiger partial charge in [-0.1, -0.05) is 11.6 Å². The van der Waals surface area contributed by atoms with E-state index in [-0.39, 0.29) is 53.8 Å². The van der Waals surface area contributed by atoms with E-state index in [9.17, 15) is 18.0 Å². The molecule has 0 aliphatic carbocycles. The molecule has 1 saturated heterocycles. The molecule has 5 nitrogen and oxygen atoms in total. The summed E-state index contributed by atoms with van der Waals surface area (Å²) in [6, 6.07) is 5.29. The first-order chi connectivity index (χ1) is 15.1. The molecule has 1 fully saturated rings. The summed E-state index contributed by atoms with van der Waals surface area (Å²) in [4.78, 5) is 18.8. The number of hydrogen-bond donors (Lipinski definition) is 1. The smallest absolute Gasteiger partial charge is 0.251 e. The van der Waals surface area contributed by atoms with E-state index in [2.05, 4.69) is 26.2 Å². The largest absolute Gasteiger partial charge is 0.440 e. The van der Waals surface area contributed by atoms with Crippen LogP contribution in [0, 0.1) is 12.7 Å². The van der Waals surface area contributed by atoms with Crippen LogP contribution in [0.3, 0.4) is 0 Å². The quantitative estimate of drug-likeness (QED) is 0.392. The minimum Gasteiger partial charge on any atom is -0.440 e. The average molecular weight is 531 g/mol. The van der Waals surface area contributed by atoms with Crippen molar-refractivity contribution in [3.05, 3.63) is 61.2 Å². The van der Waals surface area contributed by atoms with Crippen LogP contribution >= 0.6 is 27.5 Å². The fourth-order valence-electron chi connectivity index (χ4n) is 3.86. The Hall–Kier alpha value is -2.26. The van der Waals surface area contributed by atoms with Crippen LogP contribution in [0.15, 0.2) is 38.1 Å². The Morgan fingerprint density at radius 2 is 1.97 bits per heavy atom. The summed E-state index contributed by atoms with van der Waals surface area (Å²) in [5.41, 5.74) is 1.13. The first-order valence-electron chi connectivity index (χ1n) is 10.0. The zero-order valence-corrected chi connectivity index (χ0v) is 19.7. The van der Waals surface area contributed by atoms with E-state index in [4.69, 9.17) is 16.0 Å². The second-order valence-corrected chi connectivity index (χ2v) is 9.05. The second-order valence-electron chi connectivity index (χ2n) is 7.91. The van der Waals surface area contributed by atoms with E-state index in [0.29, 0.717) is 21.0 Å². The maximum atomic E-state index is 14.4. The predicted octanol–water partition coefficient (Wildman–Crippen LogP) is 6.46. The second kappa shape index (κ2) is 8.59. The Bertz CT molecular complexity index is 1240. The first-order valence-corrected chi connectivity index (χ1v) is 11.2. The van der Waals surface area contributed by atoms with Gasteiger partial charge < -0.3 is 14.6 Å². The molecule has 0 saturated carbocycles. The van der Waals surface area contributed by atoms with Crippen molar-refractivity contribution in [2.45, 2.75) is 38.7 Å². The van der Waals surface area contributed by atoms with Crippen molar-refractivity contribution in [3.63, 3.8) is 0 Å². The maximum absolute atomic E-state index is 14.4. The van der Waals surface area contributed by atoms with Gasteiger partial charge in [-0.3, -0.25) is 4.79 Å². The number of benzene rings is 1. The van der Waals surface area contributed by atoms with Crippen LogP contribution in [0.25, 0.3) is 11.0 Å². The molecule has 4 rings (SSSR count). The van der Waals surface area contributed by atoms with Crippen LogP contribution in [0.1, 0.15) is 36.9 Å². The molecule has 0 radical (unpaired) electrons. The van der Waals surface area contributed by atoms with Gasteiger partial charge in [0.1, 0.15) is 21.2 Å². The van der Waals surface area contributed by atoms with Crippen molar-refractivity contribution < 1.29 is 17.6 Å². The van der Waals surface area contributed by atoms with E-state index in [0.717, 1.165) is 6.07 Å². The van der Waals surface area contributed by atoms with Crippen molar-refractivity contribution >= 4 is 50.1 Å². The Morgan fingerprint density at radius 3 is 2.62 bits per heavy atom. The summed E-state index contributed by atoms with van der Waals surface area (Å²) >= 11 is 9.22. The monoisotopic (exact) mass is 529 g/mol. The molecule has 1 unspecified atom stereocenters. The zero-order valence-electron chi connectivity index (χ0n) is 17.3. The summed E-state index contributed by atoms with van der Waals surface area (Å²) in [5.74, 6) is -3.06. The molecule has 32 heavy (non-hydrogen) atoms. The average Bonchev–Trinajstić information content (AvgIpc) is 2.73. The molecule has 1 aliphatic rings. The lowest BCUT2D eigenvalue weighted by molar-refractivity contribution is -0.0225. The molecule has 2 aromatic heterocycles. The molecule has 0 amide bonds. The molecule has 1 atom stereocenters. The lowest BCUT2D eigenvalue weighted by Gasteiger charge is -2.33. The van der Waals surface area contributed by atoms with Crippen molar-refractivity contribution in [1.82, 2.24) is 4.98 Å². The standard InChI is InChI=1S/C22H20BrClF3N3O2/c1-11-18(31)15-10-13(25)9-14(12(2)28-16-3-4-17(24)29-20(16)23)19(15)32-21(11)30-7-5-22(26,27)6-8-30/h3-4,9-10,12,28H,5-8H2,1-2H3. The van der Waals surface area contributed by atoms with Crippen LogP contribution in [0.4, 0.5) is 24.7 Å². The molecule has 0 bridgehead atoms. The Balaban J connectivity index is 1.78. The number of anilines is 2. The summed E-state index contributed by atoms with van der Waals surface area (Å²) in [6.45, 7) is 3.48. The fourth-order valence-corrected chi connectivity index (χ4v) is 4.55. The lowest BCUT2D eigenvalue weighted by atomic mass is 10.0. The van der Waals surface area contributed by atoms with Gasteiger partial charge in [-0.2, -0.15) is 0 Å². The van der Waals surface area contributed by atoms with Crippen LogP contribution in [0.2, 0.25) is 5.15 Å². The maximum Gasteiger partial charge on any atom is 0.251 e. The third-order valence-corrected chi connectivity index (χ3v) is 6.44. The van der Waals surface area contributed by atoms with Crippen molar-refractivity contribution in [3.8, 4) is 0 Å². The van der Waals surface area contributed by atoms with Crippen molar-refractivity contribution in [2.75, 3.05) is 23.3 Å². The molecular formula is C22H20BrClF3N3O2. The number of nitrogens with one attached hydrogen (secondary N) is 1. The van der Waals surface area contributed by atoms with Gasteiger partial charge in [-0.05, 0) is 54.0 Å². The van der Waals surface area contributed by atoms with Gasteiger partial charge in [0.15, 0.2) is 5.43 Å². The summed E-state index contributed by atoms with van der Waals surface area (Å²) in [6.07, 6.45) is -0.639. The molecule has 1 aliphatic heterocycles. The SMILES string of the molecule is Cc1c(N2CCC(F)(F)CC2)oc2c(C(C)Nc3ccc(Cl)nc3Br)cc(F)cc2c1=O. The highest BCUT2D eigenvalue weighted by molar-refractivity contribution is 9.10. The Morgan fingerprint density at radius 1 is 1.28 bits per heavy atom. The number of alkyl halides is 2. The van der Waals surface area contributed by atoms with Crippen molar-refractivity contribution in [1.29, 1.82) is 0 Å². The number of fused-ring (bicyclic) bond motifs is 1. The highest BCUT2D eigenvalue weighted by atomic mass is 79.9. The highest BCUT2D eigenvalue weighted by Crippen LogP contribution is 2.35. The molecule has 1 N–H and O–H groups in total. The lowest BCUT2D eigenvalue weighted by Crippen LogP contribution is -2.40. The van der Waals surface area contributed by atoms with E-state index < -0.39 is 17.8 Å². The Kier molecular flexibility index (Phi) is 6.15. The van der Waals surface area contributed by atoms with E-state index in [1.807, 2.05) is 0 Å². The number of nitrogens with zero attached hydrogens (tertiary/aromatic N) is 2. The molecular weight excluding hydrogens is 511 g/mol. The minimum atomic E-state index is -2.73. The number of piperidine rings is 1. The summed E-state index contributed by atoms with van der Waals surface area (Å²) in [5, 5.41) is 3.62. The third-order valence-electron chi connectivity index (χ3n) is 5.62. The van der Waals surface area contributed by atoms with Gasteiger partial charge in [-0.25, -0.2) is 18.2 Å². The molecule has 3 aromatic rings. The van der Waals surface area contributed by atoms with Gasteiger partial charge in [0.25, 0.3) is 5.92 Å². The Labute approximate surface area is 195 Å². The van der Waals surface area contributed by atoms with Crippen LogP contribution < -0.4 is 15.6 Å². The zero-order chi connectivity index (χ0) is 23.2. The molecule has 10 heteroatoms. The first kappa shape index (κ1) is 22.9. The predicted molar refractivity (Wildman–Crippen MR) is 123 cm³/mol. The van der Waals surface area contributed by atoms with Crippen LogP contribution in [-0.4, -0.2) is 24.0 Å². The van der Waals surface area contributed by atoms with Gasteiger partial charge in [0.05, 0.1) is 22.7 Å². The van der Waals surface area contributed by atoms with E-state index >= 15 is 0 Å². The van der Waals surface area contributed by atoms with Gasteiger partial charge in [-0.15, -0.1) is 0 Å². The third kappa shape index (κ3) is 4.45. The summed E-state index contributed by atoms with van der Waals surface area (Å²) < 4.78 is 48.3. The topological polar surface area (TPSA) is 58.4 Å². The minimum absolute atomic E-state index is 0.0655. The normalized spacial score (nSPS) is 16.9. The number of halogens is 5. The van der Waals surface area contributed by atoms with Crippen LogP contribution in [0.5, 0.6) is 0 Å². The number of aromatic nitrogens is 1. The molecule has 1 aromatic carbocycles. The molecule has 3 heterocycles. The van der Waals surface area contributed by atoms with Crippen molar-refractivity contribution in [2.24, 2.45) is 0 Å².